The minimum atomic E-state index is -0.294. The smallest absolute Gasteiger partial charge is 0.253 e. The van der Waals surface area contributed by atoms with Crippen molar-refractivity contribution in [3.05, 3.63) is 58.6 Å². The Hall–Kier alpha value is -2.99. The Bertz CT molecular complexity index is 935. The lowest BCUT2D eigenvalue weighted by atomic mass is 10.1. The van der Waals surface area contributed by atoms with E-state index in [9.17, 15) is 9.59 Å². The van der Waals surface area contributed by atoms with E-state index in [0.717, 1.165) is 25.9 Å². The molecule has 3 rings (SSSR count). The average molecular weight is 429 g/mol. The van der Waals surface area contributed by atoms with E-state index in [4.69, 9.17) is 21.1 Å². The molecule has 2 amide bonds. The van der Waals surface area contributed by atoms with Gasteiger partial charge in [0.25, 0.3) is 5.91 Å². The minimum absolute atomic E-state index is 0.0339. The van der Waals surface area contributed by atoms with Crippen LogP contribution in [0.25, 0.3) is 6.08 Å². The fourth-order valence-electron chi connectivity index (χ4n) is 3.28. The lowest BCUT2D eigenvalue weighted by molar-refractivity contribution is -0.111. The fourth-order valence-corrected chi connectivity index (χ4v) is 3.55. The molecule has 7 heteroatoms. The van der Waals surface area contributed by atoms with Gasteiger partial charge in [-0.15, -0.1) is 0 Å². The van der Waals surface area contributed by atoms with E-state index in [1.54, 1.807) is 42.5 Å². The van der Waals surface area contributed by atoms with Crippen molar-refractivity contribution < 1.29 is 19.1 Å². The van der Waals surface area contributed by atoms with Gasteiger partial charge < -0.3 is 19.7 Å². The molecule has 1 aliphatic heterocycles. The third-order valence-corrected chi connectivity index (χ3v) is 5.04. The number of likely N-dealkylation sites (tertiary alicyclic amines) is 1. The number of nitrogens with zero attached hydrogens (tertiary/aromatic N) is 1. The molecule has 1 saturated heterocycles. The van der Waals surface area contributed by atoms with Crippen molar-refractivity contribution >= 4 is 35.2 Å². The van der Waals surface area contributed by atoms with Gasteiger partial charge in [0, 0.05) is 30.4 Å². The first-order valence-electron chi connectivity index (χ1n) is 9.90. The topological polar surface area (TPSA) is 67.9 Å². The third-order valence-electron chi connectivity index (χ3n) is 4.76. The maximum Gasteiger partial charge on any atom is 0.253 e. The Morgan fingerprint density at radius 2 is 1.87 bits per heavy atom. The Kier molecular flexibility index (Phi) is 7.36. The highest BCUT2D eigenvalue weighted by Gasteiger charge is 2.19. The van der Waals surface area contributed by atoms with Crippen LogP contribution in [0.4, 0.5) is 5.69 Å². The van der Waals surface area contributed by atoms with Crippen molar-refractivity contribution in [3.63, 3.8) is 0 Å². The van der Waals surface area contributed by atoms with E-state index in [2.05, 4.69) is 5.32 Å². The van der Waals surface area contributed by atoms with Crippen molar-refractivity contribution in [3.8, 4) is 11.5 Å². The van der Waals surface area contributed by atoms with Gasteiger partial charge in [-0.1, -0.05) is 11.6 Å². The standard InChI is InChI=1S/C23H25ClN2O4/c1-3-30-22-19(24)14-16(15-20(22)29-2)6-11-21(27)25-18-9-7-17(8-10-18)23(28)26-12-4-5-13-26/h6-11,14-15H,3-5,12-13H2,1-2H3,(H,25,27)/b11-6+. The molecule has 158 valence electrons. The summed E-state index contributed by atoms with van der Waals surface area (Å²) in [4.78, 5) is 26.5. The van der Waals surface area contributed by atoms with Crippen molar-refractivity contribution in [1.82, 2.24) is 4.90 Å². The lowest BCUT2D eigenvalue weighted by Gasteiger charge is -2.15. The molecule has 6 nitrogen and oxygen atoms in total. The molecule has 0 saturated carbocycles. The second-order valence-corrected chi connectivity index (χ2v) is 7.27. The van der Waals surface area contributed by atoms with Crippen LogP contribution in [0, 0.1) is 0 Å². The quantitative estimate of drug-likeness (QED) is 0.652. The van der Waals surface area contributed by atoms with Crippen LogP contribution in [0.5, 0.6) is 11.5 Å². The number of methoxy groups -OCH3 is 1. The molecule has 1 N–H and O–H groups in total. The zero-order valence-corrected chi connectivity index (χ0v) is 17.9. The molecule has 2 aromatic rings. The van der Waals surface area contributed by atoms with Gasteiger partial charge in [0.1, 0.15) is 0 Å². The van der Waals surface area contributed by atoms with E-state index >= 15 is 0 Å². The van der Waals surface area contributed by atoms with Gasteiger partial charge in [0.15, 0.2) is 11.5 Å². The van der Waals surface area contributed by atoms with Crippen LogP contribution in [-0.2, 0) is 4.79 Å². The van der Waals surface area contributed by atoms with Gasteiger partial charge in [-0.25, -0.2) is 0 Å². The Morgan fingerprint density at radius 1 is 1.17 bits per heavy atom. The molecule has 0 radical (unpaired) electrons. The molecular weight excluding hydrogens is 404 g/mol. The molecular formula is C23H25ClN2O4. The van der Waals surface area contributed by atoms with Gasteiger partial charge >= 0.3 is 0 Å². The Balaban J connectivity index is 1.63. The average Bonchev–Trinajstić information content (AvgIpc) is 3.29. The summed E-state index contributed by atoms with van der Waals surface area (Å²) >= 11 is 6.25. The molecule has 0 spiro atoms. The Labute approximate surface area is 181 Å². The fraction of sp³-hybridized carbons (Fsp3) is 0.304. The van der Waals surface area contributed by atoms with E-state index in [-0.39, 0.29) is 11.8 Å². The number of carbonyl (C=O) groups excluding carboxylic acids is 2. The monoisotopic (exact) mass is 428 g/mol. The molecule has 1 fully saturated rings. The highest BCUT2D eigenvalue weighted by Crippen LogP contribution is 2.36. The molecule has 0 atom stereocenters. The molecule has 0 bridgehead atoms. The molecule has 0 unspecified atom stereocenters. The first-order chi connectivity index (χ1) is 14.5. The second kappa shape index (κ2) is 10.2. The number of hydrogen-bond acceptors (Lipinski definition) is 4. The van der Waals surface area contributed by atoms with Gasteiger partial charge in [0.2, 0.25) is 5.91 Å². The minimum Gasteiger partial charge on any atom is -0.493 e. The van der Waals surface area contributed by atoms with Gasteiger partial charge in [0.05, 0.1) is 18.7 Å². The Morgan fingerprint density at radius 3 is 2.50 bits per heavy atom. The zero-order valence-electron chi connectivity index (χ0n) is 17.1. The zero-order chi connectivity index (χ0) is 21.5. The summed E-state index contributed by atoms with van der Waals surface area (Å²) < 4.78 is 10.8. The van der Waals surface area contributed by atoms with Gasteiger partial charge in [-0.2, -0.15) is 0 Å². The summed E-state index contributed by atoms with van der Waals surface area (Å²) in [5, 5.41) is 3.19. The van der Waals surface area contributed by atoms with Crippen molar-refractivity contribution in [2.24, 2.45) is 0 Å². The number of ether oxygens (including phenoxy) is 2. The van der Waals surface area contributed by atoms with E-state index in [0.29, 0.717) is 39.9 Å². The summed E-state index contributed by atoms with van der Waals surface area (Å²) in [5.74, 6) is 0.721. The first kappa shape index (κ1) is 21.7. The summed E-state index contributed by atoms with van der Waals surface area (Å²) in [6, 6.07) is 10.4. The summed E-state index contributed by atoms with van der Waals surface area (Å²) in [7, 11) is 1.53. The van der Waals surface area contributed by atoms with Crippen LogP contribution in [0.15, 0.2) is 42.5 Å². The number of nitrogens with one attached hydrogen (secondary N) is 1. The molecule has 0 aliphatic carbocycles. The maximum atomic E-state index is 12.4. The van der Waals surface area contributed by atoms with Crippen LogP contribution in [0.1, 0.15) is 35.7 Å². The first-order valence-corrected chi connectivity index (χ1v) is 10.3. The number of amides is 2. The van der Waals surface area contributed by atoms with E-state index < -0.39 is 0 Å². The molecule has 2 aromatic carbocycles. The van der Waals surface area contributed by atoms with Crippen LogP contribution in [0.2, 0.25) is 5.02 Å². The predicted octanol–water partition coefficient (Wildman–Crippen LogP) is 4.64. The normalized spacial score (nSPS) is 13.5. The second-order valence-electron chi connectivity index (χ2n) is 6.87. The molecule has 1 aliphatic rings. The molecule has 0 aromatic heterocycles. The number of anilines is 1. The highest BCUT2D eigenvalue weighted by atomic mass is 35.5. The molecule has 1 heterocycles. The summed E-state index contributed by atoms with van der Waals surface area (Å²) in [6.45, 7) is 3.95. The van der Waals surface area contributed by atoms with Crippen LogP contribution in [0.3, 0.4) is 0 Å². The number of halogens is 1. The van der Waals surface area contributed by atoms with Gasteiger partial charge in [-0.3, -0.25) is 9.59 Å². The van der Waals surface area contributed by atoms with Crippen molar-refractivity contribution in [1.29, 1.82) is 0 Å². The number of hydrogen-bond donors (Lipinski definition) is 1. The van der Waals surface area contributed by atoms with Crippen molar-refractivity contribution in [2.45, 2.75) is 19.8 Å². The van der Waals surface area contributed by atoms with E-state index in [1.807, 2.05) is 11.8 Å². The predicted molar refractivity (Wildman–Crippen MR) is 118 cm³/mol. The SMILES string of the molecule is CCOc1c(Cl)cc(/C=C/C(=O)Nc2ccc(C(=O)N3CCCC3)cc2)cc1OC. The number of rotatable bonds is 7. The lowest BCUT2D eigenvalue weighted by Crippen LogP contribution is -2.27. The van der Waals surface area contributed by atoms with Crippen LogP contribution >= 0.6 is 11.6 Å². The van der Waals surface area contributed by atoms with Gasteiger partial charge in [-0.05, 0) is 67.8 Å². The number of benzene rings is 2. The van der Waals surface area contributed by atoms with Crippen molar-refractivity contribution in [2.75, 3.05) is 32.1 Å². The van der Waals surface area contributed by atoms with Crippen LogP contribution in [-0.4, -0.2) is 43.5 Å². The number of carbonyl (C=O) groups is 2. The highest BCUT2D eigenvalue weighted by molar-refractivity contribution is 6.32. The third kappa shape index (κ3) is 5.33. The summed E-state index contributed by atoms with van der Waals surface area (Å²) in [6.07, 6.45) is 5.16. The summed E-state index contributed by atoms with van der Waals surface area (Å²) in [5.41, 5.74) is 1.95. The largest absolute Gasteiger partial charge is 0.493 e. The van der Waals surface area contributed by atoms with E-state index in [1.165, 1.54) is 13.2 Å². The maximum absolute atomic E-state index is 12.4. The molecule has 30 heavy (non-hydrogen) atoms. The van der Waals surface area contributed by atoms with Crippen LogP contribution < -0.4 is 14.8 Å².